The van der Waals surface area contributed by atoms with Crippen LogP contribution in [0.1, 0.15) is 58.4 Å². The van der Waals surface area contributed by atoms with Gasteiger partial charge in [-0.15, -0.1) is 54.1 Å². The molecule has 0 saturated heterocycles. The van der Waals surface area contributed by atoms with Crippen molar-refractivity contribution in [2.75, 3.05) is 0 Å². The third kappa shape index (κ3) is 7.14. The molecule has 0 aliphatic carbocycles. The van der Waals surface area contributed by atoms with Crippen molar-refractivity contribution in [1.82, 2.24) is 15.0 Å². The molecule has 0 spiro atoms. The fourth-order valence-electron chi connectivity index (χ4n) is 5.43. The molecule has 0 aliphatic heterocycles. The average Bonchev–Trinajstić information content (AvgIpc) is 3.47. The zero-order valence-corrected chi connectivity index (χ0v) is 30.3. The van der Waals surface area contributed by atoms with Crippen LogP contribution < -0.4 is 0 Å². The molecule has 0 amide bonds. The zero-order chi connectivity index (χ0) is 33.2. The standard InChI is InChI=1S/C27H20N3O.C15H16N.Ir/c1-27(2,3)23-14-22(29-16-30-23)21-11-7-10-19-20-13-12-18(15-28)24(26(20)31-25(19)21)17-8-5-4-6-9-17;1-15(2,3)13-9-10-14(16-11-13)12-7-5-4-6-8-12;/h4-10,12-14,16H,1-3H3;4-7,9-11H,1-3H3;/q2*-1;. The number of pyridine rings is 1. The first-order valence-electron chi connectivity index (χ1n) is 15.7. The summed E-state index contributed by atoms with van der Waals surface area (Å²) in [5, 5.41) is 11.7. The number of hydrogen-bond acceptors (Lipinski definition) is 5. The van der Waals surface area contributed by atoms with E-state index >= 15 is 0 Å². The Bertz CT molecular complexity index is 2200. The van der Waals surface area contributed by atoms with Gasteiger partial charge >= 0.3 is 0 Å². The molecule has 5 nitrogen and oxygen atoms in total. The molecule has 7 rings (SSSR count). The maximum atomic E-state index is 9.74. The van der Waals surface area contributed by atoms with Crippen LogP contribution in [0.3, 0.4) is 0 Å². The van der Waals surface area contributed by atoms with E-state index in [0.717, 1.165) is 50.1 Å². The summed E-state index contributed by atoms with van der Waals surface area (Å²) < 4.78 is 6.45. The number of nitriles is 1. The first kappa shape index (κ1) is 34.4. The second-order valence-corrected chi connectivity index (χ2v) is 13.5. The van der Waals surface area contributed by atoms with E-state index in [1.165, 1.54) is 5.56 Å². The van der Waals surface area contributed by atoms with Crippen LogP contribution in [-0.2, 0) is 30.9 Å². The Labute approximate surface area is 296 Å². The first-order valence-corrected chi connectivity index (χ1v) is 15.7. The molecule has 0 saturated carbocycles. The summed E-state index contributed by atoms with van der Waals surface area (Å²) in [5.41, 5.74) is 9.61. The SMILES string of the molecule is CC(C)(C)c1cc(-c2[c-]ccc3c2oc2c(-c4ccccc4)c(C#N)ccc23)ncn1.CC(C)(C)c1ccc(-c2[c-]cccc2)nc1.[Ir]. The number of nitrogens with zero attached hydrogens (tertiary/aromatic N) is 4. The van der Waals surface area contributed by atoms with Gasteiger partial charge in [-0.05, 0) is 34.0 Å². The number of furan rings is 1. The van der Waals surface area contributed by atoms with Crippen LogP contribution in [0.25, 0.3) is 55.6 Å². The predicted molar refractivity (Wildman–Crippen MR) is 190 cm³/mol. The predicted octanol–water partition coefficient (Wildman–Crippen LogP) is 10.5. The number of rotatable bonds is 3. The van der Waals surface area contributed by atoms with Gasteiger partial charge in [-0.2, -0.15) is 5.26 Å². The van der Waals surface area contributed by atoms with Crippen molar-refractivity contribution in [2.24, 2.45) is 0 Å². The maximum Gasteiger partial charge on any atom is 0.130 e. The Balaban J connectivity index is 0.000000224. The Kier molecular flexibility index (Phi) is 10.1. The third-order valence-electron chi connectivity index (χ3n) is 8.09. The van der Waals surface area contributed by atoms with E-state index in [2.05, 4.69) is 86.8 Å². The molecule has 3 heterocycles. The van der Waals surface area contributed by atoms with Crippen LogP contribution in [0, 0.1) is 23.5 Å². The topological polar surface area (TPSA) is 75.6 Å². The quantitative estimate of drug-likeness (QED) is 0.166. The molecule has 3 aromatic heterocycles. The van der Waals surface area contributed by atoms with E-state index in [4.69, 9.17) is 4.42 Å². The Morgan fingerprint density at radius 2 is 1.44 bits per heavy atom. The number of fused-ring (bicyclic) bond motifs is 3. The van der Waals surface area contributed by atoms with E-state index in [1.54, 1.807) is 6.33 Å². The maximum absolute atomic E-state index is 9.74. The van der Waals surface area contributed by atoms with Crippen LogP contribution in [-0.4, -0.2) is 15.0 Å². The molecular weight excluding hydrogens is 769 g/mol. The van der Waals surface area contributed by atoms with E-state index in [-0.39, 0.29) is 30.9 Å². The molecule has 7 aromatic rings. The Hall–Kier alpha value is -4.95. The zero-order valence-electron chi connectivity index (χ0n) is 27.9. The van der Waals surface area contributed by atoms with Gasteiger partial charge in [0.15, 0.2) is 0 Å². The molecule has 0 atom stereocenters. The fraction of sp³-hybridized carbons (Fsp3) is 0.190. The van der Waals surface area contributed by atoms with Crippen molar-refractivity contribution in [2.45, 2.75) is 52.4 Å². The van der Waals surface area contributed by atoms with Crippen molar-refractivity contribution in [3.63, 3.8) is 0 Å². The monoisotopic (exact) mass is 805 g/mol. The van der Waals surface area contributed by atoms with Gasteiger partial charge in [0, 0.05) is 48.4 Å². The van der Waals surface area contributed by atoms with Gasteiger partial charge in [0.05, 0.1) is 17.2 Å². The molecule has 0 bridgehead atoms. The van der Waals surface area contributed by atoms with Crippen LogP contribution in [0.2, 0.25) is 0 Å². The van der Waals surface area contributed by atoms with Gasteiger partial charge < -0.3 is 9.40 Å². The Morgan fingerprint density at radius 3 is 2.08 bits per heavy atom. The summed E-state index contributed by atoms with van der Waals surface area (Å²) in [4.78, 5) is 13.4. The third-order valence-corrected chi connectivity index (χ3v) is 8.09. The van der Waals surface area contributed by atoms with Gasteiger partial charge in [0.25, 0.3) is 0 Å². The molecule has 0 N–H and O–H groups in total. The van der Waals surface area contributed by atoms with Crippen LogP contribution in [0.5, 0.6) is 0 Å². The molecule has 48 heavy (non-hydrogen) atoms. The molecular formula is C42H36IrN4O-2. The van der Waals surface area contributed by atoms with Gasteiger partial charge in [-0.3, -0.25) is 4.98 Å². The molecule has 1 radical (unpaired) electrons. The first-order chi connectivity index (χ1) is 22.5. The summed E-state index contributed by atoms with van der Waals surface area (Å²) in [6.07, 6.45) is 3.55. The second-order valence-electron chi connectivity index (χ2n) is 13.5. The minimum Gasteiger partial charge on any atom is -0.500 e. The average molecular weight is 805 g/mol. The normalized spacial score (nSPS) is 11.4. The molecule has 0 fully saturated rings. The molecule has 4 aromatic carbocycles. The smallest absolute Gasteiger partial charge is 0.130 e. The Morgan fingerprint density at radius 1 is 0.688 bits per heavy atom. The summed E-state index contributed by atoms with van der Waals surface area (Å²) in [5.74, 6) is 0. The van der Waals surface area contributed by atoms with Crippen LogP contribution >= 0.6 is 0 Å². The number of hydrogen-bond donors (Lipinski definition) is 0. The van der Waals surface area contributed by atoms with Crippen molar-refractivity contribution < 1.29 is 24.5 Å². The minimum absolute atomic E-state index is 0. The largest absolute Gasteiger partial charge is 0.500 e. The van der Waals surface area contributed by atoms with E-state index < -0.39 is 0 Å². The van der Waals surface area contributed by atoms with Crippen molar-refractivity contribution in [3.8, 4) is 39.7 Å². The number of benzene rings is 4. The van der Waals surface area contributed by atoms with Gasteiger partial charge in [-0.25, -0.2) is 4.98 Å². The fourth-order valence-corrected chi connectivity index (χ4v) is 5.43. The van der Waals surface area contributed by atoms with Crippen molar-refractivity contribution in [3.05, 3.63) is 139 Å². The van der Waals surface area contributed by atoms with Crippen molar-refractivity contribution in [1.29, 1.82) is 5.26 Å². The molecule has 6 heteroatoms. The van der Waals surface area contributed by atoms with E-state index in [9.17, 15) is 5.26 Å². The van der Waals surface area contributed by atoms with Crippen LogP contribution in [0.4, 0.5) is 0 Å². The number of aromatic nitrogens is 3. The molecule has 0 aliphatic rings. The summed E-state index contributed by atoms with van der Waals surface area (Å²) in [7, 11) is 0. The van der Waals surface area contributed by atoms with Gasteiger partial charge in [0.1, 0.15) is 11.9 Å². The molecule has 241 valence electrons. The molecule has 0 unspecified atom stereocenters. The van der Waals surface area contributed by atoms with Crippen LogP contribution in [0.15, 0.2) is 114 Å². The summed E-state index contributed by atoms with van der Waals surface area (Å²) >= 11 is 0. The minimum atomic E-state index is -0.0956. The second kappa shape index (κ2) is 14.0. The van der Waals surface area contributed by atoms with E-state index in [0.29, 0.717) is 16.7 Å². The van der Waals surface area contributed by atoms with Crippen molar-refractivity contribution >= 4 is 21.9 Å². The van der Waals surface area contributed by atoms with Gasteiger partial charge in [0.2, 0.25) is 0 Å². The van der Waals surface area contributed by atoms with E-state index in [1.807, 2.05) is 91.1 Å². The van der Waals surface area contributed by atoms with Gasteiger partial charge in [-0.1, -0.05) is 107 Å². The summed E-state index contributed by atoms with van der Waals surface area (Å²) in [6.45, 7) is 13.0. The summed E-state index contributed by atoms with van der Waals surface area (Å²) in [6, 6.07) is 40.5.